The summed E-state index contributed by atoms with van der Waals surface area (Å²) in [5, 5.41) is 0. The minimum absolute atomic E-state index is 0.231. The summed E-state index contributed by atoms with van der Waals surface area (Å²) in [7, 11) is 0. The lowest BCUT2D eigenvalue weighted by Crippen LogP contribution is -2.35. The Hall–Kier alpha value is -1.52. The lowest BCUT2D eigenvalue weighted by atomic mass is 9.85. The number of carbonyl (C=O) groups excluding carboxylic acids is 2. The Morgan fingerprint density at radius 3 is 2.62 bits per heavy atom. The normalized spacial score (nSPS) is 24.3. The predicted molar refractivity (Wildman–Crippen MR) is 80.6 cm³/mol. The van der Waals surface area contributed by atoms with Crippen molar-refractivity contribution in [1.82, 2.24) is 4.90 Å². The quantitative estimate of drug-likeness (QED) is 0.730. The van der Waals surface area contributed by atoms with Gasteiger partial charge in [-0.15, -0.1) is 0 Å². The molecule has 1 fully saturated rings. The van der Waals surface area contributed by atoms with E-state index in [2.05, 4.69) is 27.7 Å². The van der Waals surface area contributed by atoms with Gasteiger partial charge in [-0.3, -0.25) is 4.90 Å². The van der Waals surface area contributed by atoms with Gasteiger partial charge in [0.25, 0.3) is 0 Å². The average molecular weight is 297 g/mol. The molecule has 1 aliphatic rings. The molecular weight excluding hydrogens is 270 g/mol. The summed E-state index contributed by atoms with van der Waals surface area (Å²) >= 11 is 0. The summed E-state index contributed by atoms with van der Waals surface area (Å²) in [5.74, 6) is -0.149. The second kappa shape index (κ2) is 6.96. The molecule has 0 aromatic heterocycles. The van der Waals surface area contributed by atoms with Crippen molar-refractivity contribution in [1.29, 1.82) is 0 Å². The second-order valence-electron chi connectivity index (χ2n) is 6.79. The van der Waals surface area contributed by atoms with Gasteiger partial charge in [0.15, 0.2) is 0 Å². The number of rotatable bonds is 5. The van der Waals surface area contributed by atoms with Gasteiger partial charge in [0.2, 0.25) is 6.10 Å². The summed E-state index contributed by atoms with van der Waals surface area (Å²) in [5.41, 5.74) is 0.231. The van der Waals surface area contributed by atoms with E-state index in [-0.39, 0.29) is 18.1 Å². The van der Waals surface area contributed by atoms with Gasteiger partial charge >= 0.3 is 12.1 Å². The van der Waals surface area contributed by atoms with E-state index in [1.165, 1.54) is 4.90 Å². The second-order valence-corrected chi connectivity index (χ2v) is 6.79. The molecule has 0 aromatic rings. The highest BCUT2D eigenvalue weighted by atomic mass is 16.6. The highest BCUT2D eigenvalue weighted by molar-refractivity contribution is 5.83. The molecule has 1 aliphatic heterocycles. The molecule has 0 N–H and O–H groups in total. The molecule has 3 atom stereocenters. The van der Waals surface area contributed by atoms with Crippen molar-refractivity contribution in [3.8, 4) is 0 Å². The molecule has 0 radical (unpaired) electrons. The first-order valence-corrected chi connectivity index (χ1v) is 7.49. The zero-order valence-electron chi connectivity index (χ0n) is 13.9. The number of esters is 1. The Kier molecular flexibility index (Phi) is 5.81. The van der Waals surface area contributed by atoms with Crippen LogP contribution in [-0.4, -0.2) is 35.7 Å². The molecule has 0 aromatic carbocycles. The first-order chi connectivity index (χ1) is 9.65. The van der Waals surface area contributed by atoms with Crippen molar-refractivity contribution < 1.29 is 19.1 Å². The molecule has 21 heavy (non-hydrogen) atoms. The lowest BCUT2D eigenvalue weighted by Gasteiger charge is -2.22. The van der Waals surface area contributed by atoms with Crippen molar-refractivity contribution >= 4 is 12.1 Å². The minimum atomic E-state index is -0.847. The Bertz CT molecular complexity index is 411. The summed E-state index contributed by atoms with van der Waals surface area (Å²) in [6.45, 7) is 12.4. The molecule has 1 amide bonds. The van der Waals surface area contributed by atoms with Crippen LogP contribution < -0.4 is 0 Å². The van der Waals surface area contributed by atoms with Gasteiger partial charge in [0.1, 0.15) is 0 Å². The SMILES string of the molecule is CCOC(=O)C1OC(=O)N(/C=C\C(C)CC(C)(C)C)C1C. The first-order valence-electron chi connectivity index (χ1n) is 7.49. The summed E-state index contributed by atoms with van der Waals surface area (Å²) in [4.78, 5) is 25.0. The van der Waals surface area contributed by atoms with E-state index >= 15 is 0 Å². The Morgan fingerprint density at radius 1 is 1.48 bits per heavy atom. The Balaban J connectivity index is 2.67. The first kappa shape index (κ1) is 17.5. The lowest BCUT2D eigenvalue weighted by molar-refractivity contribution is -0.152. The third kappa shape index (κ3) is 5.06. The largest absolute Gasteiger partial charge is 0.463 e. The smallest absolute Gasteiger partial charge is 0.415 e. The molecular formula is C16H27NO4. The van der Waals surface area contributed by atoms with Crippen LogP contribution in [0.15, 0.2) is 12.3 Å². The molecule has 0 saturated carbocycles. The minimum Gasteiger partial charge on any atom is -0.463 e. The van der Waals surface area contributed by atoms with Gasteiger partial charge in [-0.05, 0) is 31.6 Å². The van der Waals surface area contributed by atoms with Gasteiger partial charge in [-0.25, -0.2) is 9.59 Å². The molecule has 3 unspecified atom stereocenters. The van der Waals surface area contributed by atoms with Crippen molar-refractivity contribution in [2.24, 2.45) is 11.3 Å². The Morgan fingerprint density at radius 2 is 2.10 bits per heavy atom. The van der Waals surface area contributed by atoms with E-state index in [1.807, 2.05) is 6.08 Å². The number of amides is 1. The van der Waals surface area contributed by atoms with E-state index in [0.29, 0.717) is 5.92 Å². The summed E-state index contributed by atoms with van der Waals surface area (Å²) in [6, 6.07) is -0.352. The molecule has 0 spiro atoms. The molecule has 1 heterocycles. The number of ether oxygens (including phenoxy) is 2. The number of hydrogen-bond donors (Lipinski definition) is 0. The summed E-state index contributed by atoms with van der Waals surface area (Å²) < 4.78 is 10.0. The molecule has 0 bridgehead atoms. The van der Waals surface area contributed by atoms with Crippen molar-refractivity contribution in [2.75, 3.05) is 6.61 Å². The molecule has 120 valence electrons. The molecule has 1 saturated heterocycles. The van der Waals surface area contributed by atoms with Gasteiger partial charge in [0, 0.05) is 6.20 Å². The zero-order chi connectivity index (χ0) is 16.2. The number of hydrogen-bond acceptors (Lipinski definition) is 4. The van der Waals surface area contributed by atoms with Crippen LogP contribution in [0.1, 0.15) is 48.0 Å². The van der Waals surface area contributed by atoms with E-state index in [0.717, 1.165) is 6.42 Å². The van der Waals surface area contributed by atoms with Crippen LogP contribution in [0.4, 0.5) is 4.79 Å². The van der Waals surface area contributed by atoms with Crippen LogP contribution in [-0.2, 0) is 14.3 Å². The van der Waals surface area contributed by atoms with E-state index in [1.54, 1.807) is 20.0 Å². The highest BCUT2D eigenvalue weighted by Gasteiger charge is 2.43. The fourth-order valence-electron chi connectivity index (χ4n) is 2.52. The predicted octanol–water partition coefficient (Wildman–Crippen LogP) is 3.34. The van der Waals surface area contributed by atoms with Gasteiger partial charge in [-0.1, -0.05) is 33.8 Å². The molecule has 5 nitrogen and oxygen atoms in total. The van der Waals surface area contributed by atoms with Crippen LogP contribution in [0, 0.1) is 11.3 Å². The average Bonchev–Trinajstić information content (AvgIpc) is 2.61. The van der Waals surface area contributed by atoms with E-state index < -0.39 is 18.2 Å². The number of cyclic esters (lactones) is 1. The third-order valence-corrected chi connectivity index (χ3v) is 3.34. The molecule has 1 rings (SSSR count). The fourth-order valence-corrected chi connectivity index (χ4v) is 2.52. The monoisotopic (exact) mass is 297 g/mol. The maximum absolute atomic E-state index is 11.8. The number of allylic oxidation sites excluding steroid dienone is 1. The highest BCUT2D eigenvalue weighted by Crippen LogP contribution is 2.26. The van der Waals surface area contributed by atoms with Crippen molar-refractivity contribution in [2.45, 2.75) is 60.1 Å². The van der Waals surface area contributed by atoms with Gasteiger partial charge in [-0.2, -0.15) is 0 Å². The van der Waals surface area contributed by atoms with E-state index in [9.17, 15) is 9.59 Å². The van der Waals surface area contributed by atoms with Crippen molar-refractivity contribution in [3.63, 3.8) is 0 Å². The topological polar surface area (TPSA) is 55.8 Å². The maximum atomic E-state index is 11.8. The zero-order valence-corrected chi connectivity index (χ0v) is 13.9. The van der Waals surface area contributed by atoms with Crippen molar-refractivity contribution in [3.05, 3.63) is 12.3 Å². The van der Waals surface area contributed by atoms with Crippen LogP contribution in [0.25, 0.3) is 0 Å². The summed E-state index contributed by atoms with van der Waals surface area (Å²) in [6.07, 6.45) is 3.38. The fraction of sp³-hybridized carbons (Fsp3) is 0.750. The van der Waals surface area contributed by atoms with Crippen LogP contribution in [0.3, 0.4) is 0 Å². The Labute approximate surface area is 127 Å². The van der Waals surface area contributed by atoms with Gasteiger partial charge in [0.05, 0.1) is 12.6 Å². The van der Waals surface area contributed by atoms with Crippen LogP contribution in [0.2, 0.25) is 0 Å². The van der Waals surface area contributed by atoms with Crippen LogP contribution >= 0.6 is 0 Å². The standard InChI is InChI=1S/C16H27NO4/c1-7-20-14(18)13-12(3)17(15(19)21-13)9-8-11(2)10-16(4,5)6/h8-9,11-13H,7,10H2,1-6H3/b9-8-. The number of nitrogens with zero attached hydrogens (tertiary/aromatic N) is 1. The molecule has 5 heteroatoms. The number of carbonyl (C=O) groups is 2. The third-order valence-electron chi connectivity index (χ3n) is 3.34. The van der Waals surface area contributed by atoms with Crippen LogP contribution in [0.5, 0.6) is 0 Å². The van der Waals surface area contributed by atoms with Gasteiger partial charge < -0.3 is 9.47 Å². The molecule has 0 aliphatic carbocycles. The van der Waals surface area contributed by atoms with E-state index in [4.69, 9.17) is 9.47 Å². The maximum Gasteiger partial charge on any atom is 0.415 e.